The van der Waals surface area contributed by atoms with Crippen molar-refractivity contribution in [3.05, 3.63) is 28.2 Å². The second-order valence-electron chi connectivity index (χ2n) is 8.41. The molecule has 9 nitrogen and oxygen atoms in total. The molecule has 1 aliphatic heterocycles. The first kappa shape index (κ1) is 23.0. The third-order valence-electron chi connectivity index (χ3n) is 5.30. The number of nitrogen functional groups attached to an aromatic ring is 1. The van der Waals surface area contributed by atoms with Gasteiger partial charge in [0.2, 0.25) is 11.9 Å². The maximum absolute atomic E-state index is 13.0. The van der Waals surface area contributed by atoms with E-state index in [4.69, 9.17) is 22.1 Å². The number of carbonyl (C=O) groups is 1. The molecule has 0 aliphatic carbocycles. The van der Waals surface area contributed by atoms with Gasteiger partial charge in [-0.1, -0.05) is 11.6 Å². The molecular weight excluding hydrogens is 420 g/mol. The average molecular weight is 449 g/mol. The minimum absolute atomic E-state index is 0.0331. The highest BCUT2D eigenvalue weighted by atomic mass is 35.5. The number of methoxy groups -OCH3 is 1. The summed E-state index contributed by atoms with van der Waals surface area (Å²) in [5.41, 5.74) is 8.08. The van der Waals surface area contributed by atoms with Crippen LogP contribution in [0.1, 0.15) is 43.5 Å². The number of anilines is 3. The standard InChI is InChI=1S/C21H29ClN6O3/c1-12-9-24-14(13(2)17(12)31-5)10-27-11-15(29)28(8-6-7-21(3,4)30)16-18(22)25-20(23)26-19(16)27/h9,30H,6-8,10-11H2,1-5H3,(H2,23,25,26). The summed E-state index contributed by atoms with van der Waals surface area (Å²) < 4.78 is 5.50. The number of pyridine rings is 1. The van der Waals surface area contributed by atoms with Crippen molar-refractivity contribution >= 4 is 35.0 Å². The Labute approximate surface area is 187 Å². The first-order valence-electron chi connectivity index (χ1n) is 10.1. The summed E-state index contributed by atoms with van der Waals surface area (Å²) in [6.07, 6.45) is 2.89. The molecule has 31 heavy (non-hydrogen) atoms. The monoisotopic (exact) mass is 448 g/mol. The lowest BCUT2D eigenvalue weighted by Gasteiger charge is -2.37. The molecule has 2 aromatic rings. The number of hydrogen-bond acceptors (Lipinski definition) is 8. The highest BCUT2D eigenvalue weighted by Gasteiger charge is 2.34. The molecule has 0 atom stereocenters. The molecule has 0 spiro atoms. The van der Waals surface area contributed by atoms with Crippen molar-refractivity contribution in [1.29, 1.82) is 0 Å². The van der Waals surface area contributed by atoms with E-state index in [-0.39, 0.29) is 23.6 Å². The first-order chi connectivity index (χ1) is 14.5. The number of aromatic nitrogens is 3. The van der Waals surface area contributed by atoms with E-state index >= 15 is 0 Å². The Balaban J connectivity index is 1.96. The van der Waals surface area contributed by atoms with Crippen LogP contribution in [0.5, 0.6) is 5.75 Å². The van der Waals surface area contributed by atoms with Gasteiger partial charge in [0.05, 0.1) is 31.5 Å². The molecule has 1 amide bonds. The maximum atomic E-state index is 13.0. The van der Waals surface area contributed by atoms with Crippen molar-refractivity contribution in [2.75, 3.05) is 35.7 Å². The minimum atomic E-state index is -0.817. The van der Waals surface area contributed by atoms with Gasteiger partial charge in [-0.2, -0.15) is 9.97 Å². The van der Waals surface area contributed by atoms with Crippen molar-refractivity contribution in [2.24, 2.45) is 0 Å². The molecule has 10 heteroatoms. The van der Waals surface area contributed by atoms with Crippen molar-refractivity contribution in [3.63, 3.8) is 0 Å². The van der Waals surface area contributed by atoms with Gasteiger partial charge >= 0.3 is 0 Å². The lowest BCUT2D eigenvalue weighted by Crippen LogP contribution is -2.47. The molecule has 0 saturated carbocycles. The molecule has 0 bridgehead atoms. The summed E-state index contributed by atoms with van der Waals surface area (Å²) in [7, 11) is 1.62. The molecule has 0 radical (unpaired) electrons. The van der Waals surface area contributed by atoms with Crippen LogP contribution in [0.4, 0.5) is 17.5 Å². The number of fused-ring (bicyclic) bond motifs is 1. The topological polar surface area (TPSA) is 118 Å². The Bertz CT molecular complexity index is 992. The predicted octanol–water partition coefficient (Wildman–Crippen LogP) is 2.64. The Morgan fingerprint density at radius 2 is 2.03 bits per heavy atom. The zero-order valence-corrected chi connectivity index (χ0v) is 19.3. The number of nitrogens with zero attached hydrogens (tertiary/aromatic N) is 5. The van der Waals surface area contributed by atoms with E-state index in [9.17, 15) is 9.90 Å². The zero-order valence-electron chi connectivity index (χ0n) is 18.6. The van der Waals surface area contributed by atoms with E-state index < -0.39 is 5.60 Å². The Hall–Kier alpha value is -2.65. The molecular formula is C21H29ClN6O3. The third-order valence-corrected chi connectivity index (χ3v) is 5.56. The number of carbonyl (C=O) groups excluding carboxylic acids is 1. The number of hydrogen-bond donors (Lipinski definition) is 2. The van der Waals surface area contributed by atoms with Crippen LogP contribution in [-0.2, 0) is 11.3 Å². The SMILES string of the molecule is COc1c(C)cnc(CN2CC(=O)N(CCCC(C)(C)O)c3c(Cl)nc(N)nc32)c1C. The second-order valence-corrected chi connectivity index (χ2v) is 8.77. The fourth-order valence-corrected chi connectivity index (χ4v) is 4.05. The van der Waals surface area contributed by atoms with Crippen LogP contribution in [0, 0.1) is 13.8 Å². The van der Waals surface area contributed by atoms with Gasteiger partial charge in [0, 0.05) is 23.9 Å². The predicted molar refractivity (Wildman–Crippen MR) is 121 cm³/mol. The van der Waals surface area contributed by atoms with Gasteiger partial charge in [0.1, 0.15) is 11.4 Å². The fourth-order valence-electron chi connectivity index (χ4n) is 3.78. The van der Waals surface area contributed by atoms with Crippen LogP contribution < -0.4 is 20.3 Å². The van der Waals surface area contributed by atoms with Crippen molar-refractivity contribution in [2.45, 2.75) is 52.7 Å². The summed E-state index contributed by atoms with van der Waals surface area (Å²) >= 11 is 6.41. The summed E-state index contributed by atoms with van der Waals surface area (Å²) in [4.78, 5) is 29.4. The van der Waals surface area contributed by atoms with Gasteiger partial charge in [0.25, 0.3) is 0 Å². The quantitative estimate of drug-likeness (QED) is 0.620. The smallest absolute Gasteiger partial charge is 0.246 e. The number of amides is 1. The molecule has 0 unspecified atom stereocenters. The summed E-state index contributed by atoms with van der Waals surface area (Å²) in [6, 6.07) is 0. The van der Waals surface area contributed by atoms with Crippen LogP contribution in [0.3, 0.4) is 0 Å². The molecule has 3 heterocycles. The molecule has 1 aliphatic rings. The molecule has 168 valence electrons. The maximum Gasteiger partial charge on any atom is 0.246 e. The van der Waals surface area contributed by atoms with Crippen molar-refractivity contribution < 1.29 is 14.6 Å². The number of nitrogens with two attached hydrogens (primary N) is 1. The van der Waals surface area contributed by atoms with Crippen LogP contribution in [0.2, 0.25) is 5.15 Å². The van der Waals surface area contributed by atoms with Crippen LogP contribution in [-0.4, -0.2) is 51.8 Å². The first-order valence-corrected chi connectivity index (χ1v) is 10.5. The molecule has 0 aromatic carbocycles. The number of halogens is 1. The van der Waals surface area contributed by atoms with Gasteiger partial charge in [-0.15, -0.1) is 0 Å². The van der Waals surface area contributed by atoms with E-state index in [2.05, 4.69) is 15.0 Å². The van der Waals surface area contributed by atoms with E-state index in [1.165, 1.54) is 0 Å². The Kier molecular flexibility index (Phi) is 6.56. The van der Waals surface area contributed by atoms with Crippen LogP contribution >= 0.6 is 11.6 Å². The van der Waals surface area contributed by atoms with E-state index in [0.29, 0.717) is 37.4 Å². The molecule has 3 N–H and O–H groups in total. The zero-order chi connectivity index (χ0) is 22.9. The van der Waals surface area contributed by atoms with Gasteiger partial charge in [-0.05, 0) is 40.5 Å². The van der Waals surface area contributed by atoms with Gasteiger partial charge in [-0.25, -0.2) is 0 Å². The van der Waals surface area contributed by atoms with E-state index in [0.717, 1.165) is 22.6 Å². The third kappa shape index (κ3) is 4.99. The highest BCUT2D eigenvalue weighted by Crippen LogP contribution is 2.39. The summed E-state index contributed by atoms with van der Waals surface area (Å²) in [5, 5.41) is 10.1. The molecule has 0 saturated heterocycles. The van der Waals surface area contributed by atoms with Crippen LogP contribution in [0.15, 0.2) is 6.20 Å². The van der Waals surface area contributed by atoms with Gasteiger partial charge in [-0.3, -0.25) is 9.78 Å². The van der Waals surface area contributed by atoms with Crippen molar-refractivity contribution in [1.82, 2.24) is 15.0 Å². The number of aliphatic hydroxyl groups is 1. The number of ether oxygens (including phenoxy) is 1. The lowest BCUT2D eigenvalue weighted by atomic mass is 10.0. The van der Waals surface area contributed by atoms with Crippen molar-refractivity contribution in [3.8, 4) is 5.75 Å². The van der Waals surface area contributed by atoms with Gasteiger partial charge in [0.15, 0.2) is 11.0 Å². The molecule has 2 aromatic heterocycles. The summed E-state index contributed by atoms with van der Waals surface area (Å²) in [6.45, 7) is 8.18. The van der Waals surface area contributed by atoms with E-state index in [1.807, 2.05) is 13.8 Å². The molecule has 3 rings (SSSR count). The van der Waals surface area contributed by atoms with Gasteiger partial charge < -0.3 is 25.4 Å². The Morgan fingerprint density at radius 1 is 1.32 bits per heavy atom. The Morgan fingerprint density at radius 3 is 2.68 bits per heavy atom. The second kappa shape index (κ2) is 8.84. The summed E-state index contributed by atoms with van der Waals surface area (Å²) in [5.74, 6) is 1.16. The molecule has 0 fully saturated rings. The highest BCUT2D eigenvalue weighted by molar-refractivity contribution is 6.33. The van der Waals surface area contributed by atoms with E-state index in [1.54, 1.807) is 37.0 Å². The number of rotatable bonds is 7. The average Bonchev–Trinajstić information content (AvgIpc) is 2.66. The van der Waals surface area contributed by atoms with Crippen LogP contribution in [0.25, 0.3) is 0 Å². The number of aryl methyl sites for hydroxylation is 1. The minimum Gasteiger partial charge on any atom is -0.496 e. The fraction of sp³-hybridized carbons (Fsp3) is 0.524. The largest absolute Gasteiger partial charge is 0.496 e. The lowest BCUT2D eigenvalue weighted by molar-refractivity contribution is -0.117. The normalized spacial score (nSPS) is 14.1.